The third-order valence-electron chi connectivity index (χ3n) is 3.67. The van der Waals surface area contributed by atoms with E-state index in [0.29, 0.717) is 0 Å². The van der Waals surface area contributed by atoms with Gasteiger partial charge in [0.25, 0.3) is 0 Å². The molecule has 2 heteroatoms. The third-order valence-corrected chi connectivity index (χ3v) is 3.67. The number of hydrogen-bond acceptors (Lipinski definition) is 2. The average molecular weight is 248 g/mol. The van der Waals surface area contributed by atoms with Crippen molar-refractivity contribution < 1.29 is 0 Å². The minimum absolute atomic E-state index is 0.761. The van der Waals surface area contributed by atoms with Crippen LogP contribution in [0.4, 0.5) is 11.4 Å². The second-order valence-corrected chi connectivity index (χ2v) is 5.02. The first kappa shape index (κ1) is 11.8. The SMILES string of the molecule is Cc1ccc(N2CCCc3ccccc32)c(C#N)c1. The number of nitrogens with zero attached hydrogens (tertiary/aromatic N) is 2. The first-order chi connectivity index (χ1) is 9.29. The van der Waals surface area contributed by atoms with E-state index in [-0.39, 0.29) is 0 Å². The molecule has 0 aromatic heterocycles. The van der Waals surface area contributed by atoms with Crippen LogP contribution in [-0.2, 0) is 6.42 Å². The highest BCUT2D eigenvalue weighted by Crippen LogP contribution is 2.35. The molecule has 94 valence electrons. The molecule has 0 spiro atoms. The van der Waals surface area contributed by atoms with Crippen molar-refractivity contribution in [1.82, 2.24) is 0 Å². The van der Waals surface area contributed by atoms with Crippen molar-refractivity contribution in [1.29, 1.82) is 5.26 Å². The Morgan fingerprint density at radius 2 is 1.95 bits per heavy atom. The van der Waals surface area contributed by atoms with Crippen LogP contribution in [0.5, 0.6) is 0 Å². The van der Waals surface area contributed by atoms with E-state index in [2.05, 4.69) is 47.4 Å². The largest absolute Gasteiger partial charge is 0.340 e. The van der Waals surface area contributed by atoms with Crippen LogP contribution in [0.2, 0.25) is 0 Å². The highest BCUT2D eigenvalue weighted by atomic mass is 15.1. The van der Waals surface area contributed by atoms with Gasteiger partial charge < -0.3 is 4.90 Å². The zero-order valence-corrected chi connectivity index (χ0v) is 11.1. The van der Waals surface area contributed by atoms with Gasteiger partial charge in [-0.05, 0) is 49.1 Å². The Kier molecular flexibility index (Phi) is 2.97. The van der Waals surface area contributed by atoms with Gasteiger partial charge in [-0.15, -0.1) is 0 Å². The molecule has 0 N–H and O–H groups in total. The summed E-state index contributed by atoms with van der Waals surface area (Å²) >= 11 is 0. The summed E-state index contributed by atoms with van der Waals surface area (Å²) in [7, 11) is 0. The quantitative estimate of drug-likeness (QED) is 0.764. The van der Waals surface area contributed by atoms with E-state index in [1.165, 1.54) is 11.3 Å². The molecule has 0 saturated heterocycles. The molecule has 0 fully saturated rings. The monoisotopic (exact) mass is 248 g/mol. The Bertz CT molecular complexity index is 653. The maximum Gasteiger partial charge on any atom is 0.101 e. The van der Waals surface area contributed by atoms with Crippen molar-refractivity contribution in [2.24, 2.45) is 0 Å². The fraction of sp³-hybridized carbons (Fsp3) is 0.235. The molecule has 1 heterocycles. The van der Waals surface area contributed by atoms with E-state index in [0.717, 1.165) is 36.2 Å². The highest BCUT2D eigenvalue weighted by Gasteiger charge is 2.19. The molecule has 2 nitrogen and oxygen atoms in total. The maximum absolute atomic E-state index is 9.34. The summed E-state index contributed by atoms with van der Waals surface area (Å²) in [6.07, 6.45) is 2.26. The molecule has 2 aromatic rings. The van der Waals surface area contributed by atoms with E-state index in [4.69, 9.17) is 0 Å². The Balaban J connectivity index is 2.12. The van der Waals surface area contributed by atoms with Gasteiger partial charge in [0.05, 0.1) is 11.3 Å². The Morgan fingerprint density at radius 3 is 2.79 bits per heavy atom. The molecule has 2 aromatic carbocycles. The summed E-state index contributed by atoms with van der Waals surface area (Å²) < 4.78 is 0. The third kappa shape index (κ3) is 2.08. The molecule has 0 amide bonds. The lowest BCUT2D eigenvalue weighted by Crippen LogP contribution is -2.25. The molecule has 0 radical (unpaired) electrons. The number of nitriles is 1. The summed E-state index contributed by atoms with van der Waals surface area (Å²) in [6, 6.07) is 16.9. The van der Waals surface area contributed by atoms with Gasteiger partial charge in [-0.25, -0.2) is 0 Å². The van der Waals surface area contributed by atoms with Crippen molar-refractivity contribution in [3.63, 3.8) is 0 Å². The molecular formula is C17H16N2. The predicted octanol–water partition coefficient (Wildman–Crippen LogP) is 3.95. The number of hydrogen-bond donors (Lipinski definition) is 0. The summed E-state index contributed by atoms with van der Waals surface area (Å²) in [5, 5.41) is 9.34. The van der Waals surface area contributed by atoms with E-state index in [9.17, 15) is 5.26 Å². The lowest BCUT2D eigenvalue weighted by atomic mass is 9.99. The standard InChI is InChI=1S/C17H16N2/c1-13-8-9-17(15(11-13)12-18)19-10-4-6-14-5-2-3-7-16(14)19/h2-3,5,7-9,11H,4,6,10H2,1H3. The lowest BCUT2D eigenvalue weighted by molar-refractivity contribution is 0.766. The van der Waals surface area contributed by atoms with Gasteiger partial charge in [-0.2, -0.15) is 5.26 Å². The molecule has 0 bridgehead atoms. The molecule has 0 aliphatic carbocycles. The predicted molar refractivity (Wildman–Crippen MR) is 77.7 cm³/mol. The minimum Gasteiger partial charge on any atom is -0.340 e. The molecule has 1 aliphatic rings. The zero-order chi connectivity index (χ0) is 13.2. The molecule has 19 heavy (non-hydrogen) atoms. The molecule has 1 aliphatic heterocycles. The Labute approximate surface area is 113 Å². The van der Waals surface area contributed by atoms with Gasteiger partial charge >= 0.3 is 0 Å². The number of para-hydroxylation sites is 1. The topological polar surface area (TPSA) is 27.0 Å². The van der Waals surface area contributed by atoms with Crippen LogP contribution in [0.25, 0.3) is 0 Å². The van der Waals surface area contributed by atoms with Crippen molar-refractivity contribution in [3.05, 3.63) is 59.2 Å². The van der Waals surface area contributed by atoms with Crippen LogP contribution in [0, 0.1) is 18.3 Å². The van der Waals surface area contributed by atoms with Gasteiger partial charge in [0.2, 0.25) is 0 Å². The van der Waals surface area contributed by atoms with Crippen LogP contribution < -0.4 is 4.90 Å². The second-order valence-electron chi connectivity index (χ2n) is 5.02. The van der Waals surface area contributed by atoms with Gasteiger partial charge in [-0.3, -0.25) is 0 Å². The molecule has 0 atom stereocenters. The van der Waals surface area contributed by atoms with Gasteiger partial charge in [0.15, 0.2) is 0 Å². The summed E-state index contributed by atoms with van der Waals surface area (Å²) in [5.74, 6) is 0. The molecule has 0 saturated carbocycles. The highest BCUT2D eigenvalue weighted by molar-refractivity contribution is 5.72. The average Bonchev–Trinajstić information content (AvgIpc) is 2.46. The fourth-order valence-corrected chi connectivity index (χ4v) is 2.76. The van der Waals surface area contributed by atoms with Crippen molar-refractivity contribution in [3.8, 4) is 6.07 Å². The van der Waals surface area contributed by atoms with Crippen molar-refractivity contribution in [2.45, 2.75) is 19.8 Å². The van der Waals surface area contributed by atoms with Crippen molar-refractivity contribution >= 4 is 11.4 Å². The fourth-order valence-electron chi connectivity index (χ4n) is 2.76. The molecule has 3 rings (SSSR count). The number of anilines is 2. The Hall–Kier alpha value is -2.27. The summed E-state index contributed by atoms with van der Waals surface area (Å²) in [4.78, 5) is 2.27. The normalized spacial score (nSPS) is 13.8. The van der Waals surface area contributed by atoms with E-state index < -0.39 is 0 Å². The van der Waals surface area contributed by atoms with Crippen LogP contribution >= 0.6 is 0 Å². The number of benzene rings is 2. The second kappa shape index (κ2) is 4.78. The Morgan fingerprint density at radius 1 is 1.11 bits per heavy atom. The molecular weight excluding hydrogens is 232 g/mol. The molecule has 0 unspecified atom stereocenters. The minimum atomic E-state index is 0.761. The van der Waals surface area contributed by atoms with Gasteiger partial charge in [0, 0.05) is 12.2 Å². The van der Waals surface area contributed by atoms with Crippen LogP contribution in [0.1, 0.15) is 23.1 Å². The summed E-state index contributed by atoms with van der Waals surface area (Å²) in [6.45, 7) is 3.00. The first-order valence-electron chi connectivity index (χ1n) is 6.66. The van der Waals surface area contributed by atoms with Crippen LogP contribution in [-0.4, -0.2) is 6.54 Å². The zero-order valence-electron chi connectivity index (χ0n) is 11.1. The van der Waals surface area contributed by atoms with Crippen LogP contribution in [0.3, 0.4) is 0 Å². The number of fused-ring (bicyclic) bond motifs is 1. The lowest BCUT2D eigenvalue weighted by Gasteiger charge is -2.32. The van der Waals surface area contributed by atoms with E-state index in [1.54, 1.807) is 0 Å². The smallest absolute Gasteiger partial charge is 0.101 e. The van der Waals surface area contributed by atoms with E-state index in [1.807, 2.05) is 13.0 Å². The van der Waals surface area contributed by atoms with Gasteiger partial charge in [-0.1, -0.05) is 24.3 Å². The van der Waals surface area contributed by atoms with Crippen molar-refractivity contribution in [2.75, 3.05) is 11.4 Å². The maximum atomic E-state index is 9.34. The van der Waals surface area contributed by atoms with Crippen LogP contribution in [0.15, 0.2) is 42.5 Å². The number of aryl methyl sites for hydroxylation is 2. The summed E-state index contributed by atoms with van der Waals surface area (Å²) in [5.41, 5.74) is 5.54. The first-order valence-corrected chi connectivity index (χ1v) is 6.66. The van der Waals surface area contributed by atoms with Gasteiger partial charge in [0.1, 0.15) is 6.07 Å². The van der Waals surface area contributed by atoms with E-state index >= 15 is 0 Å². The number of rotatable bonds is 1.